The summed E-state index contributed by atoms with van der Waals surface area (Å²) in [7, 11) is 0. The first-order chi connectivity index (χ1) is 9.61. The van der Waals surface area contributed by atoms with Crippen molar-refractivity contribution in [2.24, 2.45) is 0 Å². The van der Waals surface area contributed by atoms with E-state index >= 15 is 0 Å². The Labute approximate surface area is 117 Å². The molecule has 1 aromatic carbocycles. The highest BCUT2D eigenvalue weighted by Gasteiger charge is 2.26. The number of nitrogens with zero attached hydrogens (tertiary/aromatic N) is 1. The monoisotopic (exact) mass is 270 g/mol. The number of hydrogen-bond acceptors (Lipinski definition) is 4. The zero-order valence-electron chi connectivity index (χ0n) is 11.4. The lowest BCUT2D eigenvalue weighted by atomic mass is 10.1. The van der Waals surface area contributed by atoms with Gasteiger partial charge in [-0.1, -0.05) is 12.1 Å². The Morgan fingerprint density at radius 2 is 2.20 bits per heavy atom. The maximum Gasteiger partial charge on any atom is 0.252 e. The van der Waals surface area contributed by atoms with Gasteiger partial charge < -0.3 is 16.0 Å². The van der Waals surface area contributed by atoms with Gasteiger partial charge in [0.1, 0.15) is 11.6 Å². The van der Waals surface area contributed by atoms with E-state index in [9.17, 15) is 4.79 Å². The number of rotatable bonds is 4. The normalized spacial score (nSPS) is 15.8. The van der Waals surface area contributed by atoms with Crippen LogP contribution in [0.5, 0.6) is 0 Å². The molecule has 2 aromatic rings. The molecule has 0 radical (unpaired) electrons. The summed E-state index contributed by atoms with van der Waals surface area (Å²) in [6.45, 7) is 2.02. The highest BCUT2D eigenvalue weighted by atomic mass is 16.1. The Morgan fingerprint density at radius 3 is 2.90 bits per heavy atom. The van der Waals surface area contributed by atoms with E-state index < -0.39 is 0 Å². The lowest BCUT2D eigenvalue weighted by Crippen LogP contribution is -2.15. The van der Waals surface area contributed by atoms with Crippen LogP contribution in [-0.2, 0) is 0 Å². The van der Waals surface area contributed by atoms with Crippen LogP contribution in [-0.4, -0.2) is 9.97 Å². The van der Waals surface area contributed by atoms with Gasteiger partial charge in [0.25, 0.3) is 5.56 Å². The SMILES string of the molecule is CC(Nc1cc(=O)[nH]c(C2CC2)n1)c1cccc(N)c1. The lowest BCUT2D eigenvalue weighted by Gasteiger charge is -2.15. The minimum atomic E-state index is -0.107. The Morgan fingerprint density at radius 1 is 1.40 bits per heavy atom. The minimum absolute atomic E-state index is 0.0415. The summed E-state index contributed by atoms with van der Waals surface area (Å²) in [5, 5.41) is 3.26. The maximum absolute atomic E-state index is 11.7. The molecule has 1 saturated carbocycles. The number of nitrogens with one attached hydrogen (secondary N) is 2. The second-order valence-electron chi connectivity index (χ2n) is 5.33. The first kappa shape index (κ1) is 12.7. The summed E-state index contributed by atoms with van der Waals surface area (Å²) in [4.78, 5) is 19.0. The summed E-state index contributed by atoms with van der Waals surface area (Å²) >= 11 is 0. The molecule has 1 aromatic heterocycles. The van der Waals surface area contributed by atoms with Gasteiger partial charge in [-0.2, -0.15) is 0 Å². The van der Waals surface area contributed by atoms with Gasteiger partial charge >= 0.3 is 0 Å². The molecule has 5 heteroatoms. The number of aromatic amines is 1. The summed E-state index contributed by atoms with van der Waals surface area (Å²) in [5.41, 5.74) is 7.48. The summed E-state index contributed by atoms with van der Waals surface area (Å²) in [6, 6.07) is 9.24. The highest BCUT2D eigenvalue weighted by Crippen LogP contribution is 2.37. The van der Waals surface area contributed by atoms with Gasteiger partial charge in [0.05, 0.1) is 6.04 Å². The van der Waals surface area contributed by atoms with Crippen LogP contribution in [0.15, 0.2) is 35.1 Å². The van der Waals surface area contributed by atoms with Crippen molar-refractivity contribution in [3.05, 3.63) is 52.1 Å². The molecule has 0 saturated heterocycles. The molecule has 0 bridgehead atoms. The molecule has 3 rings (SSSR count). The molecule has 20 heavy (non-hydrogen) atoms. The third-order valence-corrected chi connectivity index (χ3v) is 3.50. The topological polar surface area (TPSA) is 83.8 Å². The van der Waals surface area contributed by atoms with Crippen molar-refractivity contribution in [3.8, 4) is 0 Å². The van der Waals surface area contributed by atoms with E-state index in [1.54, 1.807) is 0 Å². The fraction of sp³-hybridized carbons (Fsp3) is 0.333. The van der Waals surface area contributed by atoms with Crippen LogP contribution in [0, 0.1) is 0 Å². The van der Waals surface area contributed by atoms with E-state index in [1.165, 1.54) is 6.07 Å². The fourth-order valence-electron chi connectivity index (χ4n) is 2.23. The van der Waals surface area contributed by atoms with Crippen LogP contribution >= 0.6 is 0 Å². The van der Waals surface area contributed by atoms with E-state index in [4.69, 9.17) is 5.73 Å². The Kier molecular flexibility index (Phi) is 3.18. The van der Waals surface area contributed by atoms with Gasteiger partial charge in [0.15, 0.2) is 0 Å². The van der Waals surface area contributed by atoms with E-state index in [2.05, 4.69) is 15.3 Å². The summed E-state index contributed by atoms with van der Waals surface area (Å²) in [6.07, 6.45) is 2.22. The fourth-order valence-corrected chi connectivity index (χ4v) is 2.23. The molecule has 1 aliphatic rings. The maximum atomic E-state index is 11.7. The van der Waals surface area contributed by atoms with E-state index in [0.29, 0.717) is 11.7 Å². The largest absolute Gasteiger partial charge is 0.399 e. The number of nitrogen functional groups attached to an aromatic ring is 1. The zero-order chi connectivity index (χ0) is 14.1. The summed E-state index contributed by atoms with van der Waals surface area (Å²) < 4.78 is 0. The molecule has 1 atom stereocenters. The third kappa shape index (κ3) is 2.82. The van der Waals surface area contributed by atoms with Gasteiger partial charge in [0, 0.05) is 17.7 Å². The van der Waals surface area contributed by atoms with Crippen molar-refractivity contribution >= 4 is 11.5 Å². The number of benzene rings is 1. The van der Waals surface area contributed by atoms with Crippen LogP contribution in [0.3, 0.4) is 0 Å². The number of nitrogens with two attached hydrogens (primary N) is 1. The van der Waals surface area contributed by atoms with Gasteiger partial charge in [-0.3, -0.25) is 4.79 Å². The van der Waals surface area contributed by atoms with Crippen LogP contribution in [0.25, 0.3) is 0 Å². The van der Waals surface area contributed by atoms with E-state index in [1.807, 2.05) is 31.2 Å². The van der Waals surface area contributed by atoms with Crippen molar-refractivity contribution in [2.45, 2.75) is 31.7 Å². The smallest absolute Gasteiger partial charge is 0.252 e. The Balaban J connectivity index is 1.81. The predicted octanol–water partition coefficient (Wildman–Crippen LogP) is 2.40. The van der Waals surface area contributed by atoms with Crippen LogP contribution < -0.4 is 16.6 Å². The quantitative estimate of drug-likeness (QED) is 0.745. The standard InChI is InChI=1S/C15H18N4O/c1-9(11-3-2-4-12(16)7-11)17-13-8-14(20)19-15(18-13)10-5-6-10/h2-4,7-10H,5-6,16H2,1H3,(H2,17,18,19,20). The average molecular weight is 270 g/mol. The van der Waals surface area contributed by atoms with E-state index in [0.717, 1.165) is 29.9 Å². The molecule has 0 amide bonds. The number of hydrogen-bond donors (Lipinski definition) is 3. The molecule has 104 valence electrons. The van der Waals surface area contributed by atoms with Crippen molar-refractivity contribution < 1.29 is 0 Å². The molecule has 5 nitrogen and oxygen atoms in total. The molecule has 1 aliphatic carbocycles. The second kappa shape index (κ2) is 5.00. The Bertz CT molecular complexity index is 676. The van der Waals surface area contributed by atoms with Crippen LogP contribution in [0.1, 0.15) is 43.1 Å². The van der Waals surface area contributed by atoms with E-state index in [-0.39, 0.29) is 11.6 Å². The van der Waals surface area contributed by atoms with Crippen molar-refractivity contribution in [2.75, 3.05) is 11.1 Å². The summed E-state index contributed by atoms with van der Waals surface area (Å²) in [5.74, 6) is 1.83. The average Bonchev–Trinajstić information content (AvgIpc) is 3.22. The van der Waals surface area contributed by atoms with Gasteiger partial charge in [-0.15, -0.1) is 0 Å². The molecule has 0 aliphatic heterocycles. The first-order valence-corrected chi connectivity index (χ1v) is 6.85. The predicted molar refractivity (Wildman–Crippen MR) is 79.7 cm³/mol. The number of aromatic nitrogens is 2. The molecule has 1 fully saturated rings. The van der Waals surface area contributed by atoms with Crippen LogP contribution in [0.2, 0.25) is 0 Å². The van der Waals surface area contributed by atoms with Gasteiger partial charge in [-0.05, 0) is 37.5 Å². The third-order valence-electron chi connectivity index (χ3n) is 3.50. The van der Waals surface area contributed by atoms with Crippen LogP contribution in [0.4, 0.5) is 11.5 Å². The van der Waals surface area contributed by atoms with Crippen molar-refractivity contribution in [1.82, 2.24) is 9.97 Å². The molecule has 1 heterocycles. The minimum Gasteiger partial charge on any atom is -0.399 e. The zero-order valence-corrected chi connectivity index (χ0v) is 11.4. The molecular formula is C15H18N4O. The molecular weight excluding hydrogens is 252 g/mol. The Hall–Kier alpha value is -2.30. The molecule has 4 N–H and O–H groups in total. The second-order valence-corrected chi connectivity index (χ2v) is 5.33. The lowest BCUT2D eigenvalue weighted by molar-refractivity contribution is 0.848. The van der Waals surface area contributed by atoms with Gasteiger partial charge in [0.2, 0.25) is 0 Å². The number of H-pyrrole nitrogens is 1. The molecule has 0 spiro atoms. The van der Waals surface area contributed by atoms with Crippen molar-refractivity contribution in [1.29, 1.82) is 0 Å². The number of anilines is 2. The highest BCUT2D eigenvalue weighted by molar-refractivity contribution is 5.44. The molecule has 1 unspecified atom stereocenters. The van der Waals surface area contributed by atoms with Gasteiger partial charge in [-0.25, -0.2) is 4.98 Å². The first-order valence-electron chi connectivity index (χ1n) is 6.85. The van der Waals surface area contributed by atoms with Crippen molar-refractivity contribution in [3.63, 3.8) is 0 Å².